The second kappa shape index (κ2) is 20.8. The Labute approximate surface area is 434 Å². The van der Waals surface area contributed by atoms with Crippen LogP contribution in [0, 0.1) is 56.7 Å². The minimum Gasteiger partial charge on any atom is -0.462 e. The van der Waals surface area contributed by atoms with Gasteiger partial charge in [0, 0.05) is 18.9 Å². The van der Waals surface area contributed by atoms with Crippen molar-refractivity contribution < 1.29 is 34.4 Å². The number of cyclic esters (lactones) is 1. The summed E-state index contributed by atoms with van der Waals surface area (Å²) < 4.78 is 11.9. The summed E-state index contributed by atoms with van der Waals surface area (Å²) in [6, 6.07) is 22.4. The van der Waals surface area contributed by atoms with Gasteiger partial charge in [-0.15, -0.1) is 0 Å². The first kappa shape index (κ1) is 52.4. The van der Waals surface area contributed by atoms with E-state index in [-0.39, 0.29) is 29.9 Å². The fourth-order valence-electron chi connectivity index (χ4n) is 19.8. The molecule has 72 heavy (non-hydrogen) atoms. The second-order valence-electron chi connectivity index (χ2n) is 27.2. The van der Waals surface area contributed by atoms with Gasteiger partial charge in [-0.1, -0.05) is 120 Å². The van der Waals surface area contributed by atoms with Gasteiger partial charge in [0.05, 0.1) is 23.2 Å². The minimum absolute atomic E-state index is 0.208. The third-order valence-electron chi connectivity index (χ3n) is 23.2. The summed E-state index contributed by atoms with van der Waals surface area (Å²) in [4.78, 5) is 25.7. The number of aliphatic hydroxyl groups excluding tert-OH is 2. The number of benzene rings is 2. The monoisotopic (exact) mass is 987 g/mol. The Kier molecular flexibility index (Phi) is 15.2. The van der Waals surface area contributed by atoms with Gasteiger partial charge in [0.25, 0.3) is 0 Å². The Morgan fingerprint density at radius 2 is 1.49 bits per heavy atom. The topological polar surface area (TPSA) is 113 Å². The molecule has 7 aliphatic carbocycles. The van der Waals surface area contributed by atoms with Gasteiger partial charge >= 0.3 is 11.9 Å². The van der Waals surface area contributed by atoms with Crippen molar-refractivity contribution in [1.82, 2.24) is 0 Å². The summed E-state index contributed by atoms with van der Waals surface area (Å²) in [7, 11) is 0. The van der Waals surface area contributed by atoms with Crippen LogP contribution in [0.25, 0.3) is 0 Å². The highest BCUT2D eigenvalue weighted by Crippen LogP contribution is 2.74. The molecule has 3 spiro atoms. The number of rotatable bonds is 16. The van der Waals surface area contributed by atoms with E-state index in [4.69, 9.17) is 9.47 Å². The fourth-order valence-corrected chi connectivity index (χ4v) is 19.8. The Morgan fingerprint density at radius 3 is 2.17 bits per heavy atom. The molecular weight excluding hydrogens is 893 g/mol. The van der Waals surface area contributed by atoms with Crippen molar-refractivity contribution in [3.05, 3.63) is 83.4 Å². The van der Waals surface area contributed by atoms with Crippen molar-refractivity contribution in [2.24, 2.45) is 56.7 Å². The van der Waals surface area contributed by atoms with Crippen LogP contribution < -0.4 is 0 Å². The fraction of sp³-hybridized carbons (Fsp3) is 0.754. The summed E-state index contributed by atoms with van der Waals surface area (Å²) in [5, 5.41) is 40.2. The smallest absolute Gasteiger partial charge is 0.331 e. The van der Waals surface area contributed by atoms with Gasteiger partial charge < -0.3 is 24.8 Å². The lowest BCUT2D eigenvalue weighted by Gasteiger charge is -2.70. The number of hydrogen-bond acceptors (Lipinski definition) is 7. The van der Waals surface area contributed by atoms with E-state index in [0.717, 1.165) is 56.4 Å². The van der Waals surface area contributed by atoms with Gasteiger partial charge in [0.1, 0.15) is 12.7 Å². The predicted octanol–water partition coefficient (Wildman–Crippen LogP) is 14.1. The SMILES string of the molecule is CC(=O)OC1CC(C)C(O)(CCC2=CC(=O)OC2)C2(C(O)CCC(C)CCCc3ccccc3)C(O)CCC(C)(C3CCC4(CC3)CC(CC3(c5ccccc5)CCCCC3)C3(CCC5(CCCC5)C3)C4)C12. The Hall–Kier alpha value is -3.00. The summed E-state index contributed by atoms with van der Waals surface area (Å²) >= 11 is 0. The van der Waals surface area contributed by atoms with Gasteiger partial charge in [-0.3, -0.25) is 4.79 Å². The molecule has 1 heterocycles. The maximum atomic E-state index is 13.9. The molecule has 10 rings (SSSR count). The average Bonchev–Trinajstić information content (AvgIpc) is 4.17. The van der Waals surface area contributed by atoms with Gasteiger partial charge in [-0.25, -0.2) is 4.79 Å². The molecule has 7 fully saturated rings. The van der Waals surface area contributed by atoms with E-state index in [1.165, 1.54) is 122 Å². The van der Waals surface area contributed by atoms with Crippen molar-refractivity contribution in [3.63, 3.8) is 0 Å². The first-order chi connectivity index (χ1) is 34.6. The second-order valence-corrected chi connectivity index (χ2v) is 27.2. The third kappa shape index (κ3) is 9.64. The Bertz CT molecular complexity index is 2200. The molecule has 11 atom stereocenters. The molecule has 7 nitrogen and oxygen atoms in total. The van der Waals surface area contributed by atoms with Crippen LogP contribution in [0.1, 0.15) is 219 Å². The molecule has 2 aromatic rings. The standard InChI is InChI=1S/C65H94O7/c1-46(17-16-20-49-18-8-5-9-19-49)23-24-55(67)65-56(68)28-33-59(4,58(65)54(72-48(3)66)39-47(2)64(65,70)36-25-50-40-57(69)71-43-50)51-26-34-61(35-27-51)41-53(63(45-61)38-37-60(44-63)29-14-15-30-60)42-62(31-12-7-13-32-62)52-21-10-6-11-22-52/h5-6,8-11,18-19,21-22,40,46-47,51,53-56,58,67-68,70H,7,12-17,20,23-39,41-45H2,1-4H3. The van der Waals surface area contributed by atoms with Crippen molar-refractivity contribution in [2.45, 2.75) is 243 Å². The van der Waals surface area contributed by atoms with Crippen LogP contribution in [0.3, 0.4) is 0 Å². The van der Waals surface area contributed by atoms with Crippen LogP contribution in [0.4, 0.5) is 0 Å². The van der Waals surface area contributed by atoms with Gasteiger partial charge in [-0.05, 0) is 215 Å². The number of carbonyl (C=O) groups is 2. The van der Waals surface area contributed by atoms with E-state index in [2.05, 4.69) is 74.5 Å². The Balaban J connectivity index is 0.956. The lowest BCUT2D eigenvalue weighted by molar-refractivity contribution is -0.327. The first-order valence-corrected chi connectivity index (χ1v) is 29.8. The zero-order chi connectivity index (χ0) is 50.4. The maximum absolute atomic E-state index is 13.9. The molecule has 0 saturated heterocycles. The molecule has 7 saturated carbocycles. The molecule has 3 N–H and O–H groups in total. The molecule has 8 aliphatic rings. The number of aliphatic hydroxyl groups is 3. The van der Waals surface area contributed by atoms with Crippen molar-refractivity contribution >= 4 is 11.9 Å². The van der Waals surface area contributed by atoms with Crippen LogP contribution >= 0.6 is 0 Å². The summed E-state index contributed by atoms with van der Waals surface area (Å²) in [6.45, 7) is 8.46. The van der Waals surface area contributed by atoms with Crippen molar-refractivity contribution in [1.29, 1.82) is 0 Å². The quantitative estimate of drug-likeness (QED) is 0.144. The lowest BCUT2D eigenvalue weighted by atomic mass is 9.37. The minimum atomic E-state index is -1.49. The van der Waals surface area contributed by atoms with Crippen LogP contribution in [-0.2, 0) is 30.9 Å². The molecule has 0 radical (unpaired) electrons. The molecule has 2 aromatic carbocycles. The number of fused-ring (bicyclic) bond motifs is 1. The molecule has 0 amide bonds. The van der Waals surface area contributed by atoms with E-state index < -0.39 is 40.7 Å². The third-order valence-corrected chi connectivity index (χ3v) is 23.2. The largest absolute Gasteiger partial charge is 0.462 e. The number of ether oxygens (including phenoxy) is 2. The molecule has 1 aliphatic heterocycles. The summed E-state index contributed by atoms with van der Waals surface area (Å²) in [6.07, 6.45) is 31.1. The molecule has 0 bridgehead atoms. The number of aryl methyl sites for hydroxylation is 1. The average molecular weight is 987 g/mol. The zero-order valence-electron chi connectivity index (χ0n) is 45.2. The number of esters is 2. The summed E-state index contributed by atoms with van der Waals surface area (Å²) in [5.41, 5.74) is 2.11. The first-order valence-electron chi connectivity index (χ1n) is 29.8. The van der Waals surface area contributed by atoms with E-state index in [0.29, 0.717) is 60.2 Å². The van der Waals surface area contributed by atoms with E-state index >= 15 is 0 Å². The van der Waals surface area contributed by atoms with Crippen LogP contribution in [-0.4, -0.2) is 57.8 Å². The molecular formula is C65H94O7. The molecule has 0 aromatic heterocycles. The normalized spacial score (nSPS) is 38.9. The highest BCUT2D eigenvalue weighted by Gasteiger charge is 2.75. The van der Waals surface area contributed by atoms with Crippen LogP contribution in [0.2, 0.25) is 0 Å². The highest BCUT2D eigenvalue weighted by atomic mass is 16.5. The number of hydrogen-bond donors (Lipinski definition) is 3. The van der Waals surface area contributed by atoms with Gasteiger partial charge in [0.2, 0.25) is 0 Å². The molecule has 11 unspecified atom stereocenters. The Morgan fingerprint density at radius 1 is 0.806 bits per heavy atom. The maximum Gasteiger partial charge on any atom is 0.331 e. The molecule has 7 heteroatoms. The van der Waals surface area contributed by atoms with E-state index in [9.17, 15) is 24.9 Å². The van der Waals surface area contributed by atoms with Gasteiger partial charge in [0.15, 0.2) is 0 Å². The molecule has 396 valence electrons. The zero-order valence-corrected chi connectivity index (χ0v) is 45.2. The highest BCUT2D eigenvalue weighted by molar-refractivity contribution is 5.85. The van der Waals surface area contributed by atoms with Crippen molar-refractivity contribution in [3.8, 4) is 0 Å². The summed E-state index contributed by atoms with van der Waals surface area (Å²) in [5.74, 6) is -0.137. The van der Waals surface area contributed by atoms with Crippen molar-refractivity contribution in [2.75, 3.05) is 6.61 Å². The lowest BCUT2D eigenvalue weighted by Crippen LogP contribution is -2.77. The predicted molar refractivity (Wildman–Crippen MR) is 286 cm³/mol. The van der Waals surface area contributed by atoms with Gasteiger partial charge in [-0.2, -0.15) is 0 Å². The number of carbonyl (C=O) groups excluding carboxylic acids is 2. The van der Waals surface area contributed by atoms with E-state index in [1.807, 2.05) is 6.92 Å². The van der Waals surface area contributed by atoms with Crippen LogP contribution in [0.5, 0.6) is 0 Å². The van der Waals surface area contributed by atoms with Crippen LogP contribution in [0.15, 0.2) is 72.3 Å². The van der Waals surface area contributed by atoms with E-state index in [1.54, 1.807) is 11.6 Å².